The molecule has 0 aliphatic rings. The standard InChI is InChI=1S/C13H11F3N4O/c14-13(15,16)9-2-1-3-10(7-9)19-12(21)8-4-5-18-11(6-8)20-17/h1-7H,17H2,(H,18,20)(H,19,21). The van der Waals surface area contributed by atoms with Crippen molar-refractivity contribution in [2.24, 2.45) is 5.84 Å². The predicted molar refractivity (Wildman–Crippen MR) is 71.4 cm³/mol. The Morgan fingerprint density at radius 2 is 1.95 bits per heavy atom. The number of carbonyl (C=O) groups excluding carboxylic acids is 1. The summed E-state index contributed by atoms with van der Waals surface area (Å²) < 4.78 is 37.8. The van der Waals surface area contributed by atoms with Gasteiger partial charge in [0.1, 0.15) is 5.82 Å². The van der Waals surface area contributed by atoms with Gasteiger partial charge in [-0.05, 0) is 30.3 Å². The van der Waals surface area contributed by atoms with Crippen molar-refractivity contribution in [2.45, 2.75) is 6.18 Å². The maximum atomic E-state index is 12.6. The molecule has 0 fully saturated rings. The smallest absolute Gasteiger partial charge is 0.322 e. The van der Waals surface area contributed by atoms with E-state index in [-0.39, 0.29) is 17.1 Å². The van der Waals surface area contributed by atoms with Crippen LogP contribution in [0.2, 0.25) is 0 Å². The number of anilines is 2. The number of pyridine rings is 1. The van der Waals surface area contributed by atoms with Gasteiger partial charge in [0.2, 0.25) is 0 Å². The van der Waals surface area contributed by atoms with Gasteiger partial charge in [-0.2, -0.15) is 13.2 Å². The predicted octanol–water partition coefficient (Wildman–Crippen LogP) is 2.64. The number of benzene rings is 1. The number of nitrogens with one attached hydrogen (secondary N) is 2. The minimum atomic E-state index is -4.46. The summed E-state index contributed by atoms with van der Waals surface area (Å²) in [4.78, 5) is 15.8. The van der Waals surface area contributed by atoms with Crippen LogP contribution in [-0.4, -0.2) is 10.9 Å². The Balaban J connectivity index is 2.19. The number of hydrogen-bond donors (Lipinski definition) is 3. The summed E-state index contributed by atoms with van der Waals surface area (Å²) in [5.41, 5.74) is 1.71. The number of nitrogens with two attached hydrogens (primary N) is 1. The van der Waals surface area contributed by atoms with E-state index in [0.717, 1.165) is 12.1 Å². The fourth-order valence-electron chi connectivity index (χ4n) is 1.63. The highest BCUT2D eigenvalue weighted by molar-refractivity contribution is 6.04. The van der Waals surface area contributed by atoms with E-state index in [1.54, 1.807) is 0 Å². The summed E-state index contributed by atoms with van der Waals surface area (Å²) in [6.07, 6.45) is -3.11. The lowest BCUT2D eigenvalue weighted by molar-refractivity contribution is -0.137. The van der Waals surface area contributed by atoms with E-state index in [1.807, 2.05) is 0 Å². The van der Waals surface area contributed by atoms with Crippen LogP contribution >= 0.6 is 0 Å². The topological polar surface area (TPSA) is 80.0 Å². The molecule has 0 bridgehead atoms. The van der Waals surface area contributed by atoms with Crippen LogP contribution in [-0.2, 0) is 6.18 Å². The molecule has 110 valence electrons. The van der Waals surface area contributed by atoms with Gasteiger partial charge in [-0.1, -0.05) is 6.07 Å². The van der Waals surface area contributed by atoms with Gasteiger partial charge in [0, 0.05) is 17.4 Å². The summed E-state index contributed by atoms with van der Waals surface area (Å²) in [5, 5.41) is 2.39. The molecule has 4 N–H and O–H groups in total. The lowest BCUT2D eigenvalue weighted by Crippen LogP contribution is -2.15. The van der Waals surface area contributed by atoms with E-state index in [1.165, 1.54) is 30.5 Å². The molecule has 0 saturated carbocycles. The van der Waals surface area contributed by atoms with Crippen LogP contribution in [0.5, 0.6) is 0 Å². The van der Waals surface area contributed by atoms with Gasteiger partial charge >= 0.3 is 6.18 Å². The first-order chi connectivity index (χ1) is 9.90. The van der Waals surface area contributed by atoms with E-state index in [9.17, 15) is 18.0 Å². The van der Waals surface area contributed by atoms with Gasteiger partial charge in [0.05, 0.1) is 5.56 Å². The third-order valence-electron chi connectivity index (χ3n) is 2.62. The lowest BCUT2D eigenvalue weighted by atomic mass is 10.2. The largest absolute Gasteiger partial charge is 0.416 e. The first-order valence-electron chi connectivity index (χ1n) is 5.81. The van der Waals surface area contributed by atoms with Crippen molar-refractivity contribution in [1.82, 2.24) is 4.98 Å². The number of hydrazine groups is 1. The maximum Gasteiger partial charge on any atom is 0.416 e. The van der Waals surface area contributed by atoms with E-state index in [2.05, 4.69) is 15.7 Å². The second kappa shape index (κ2) is 5.80. The Hall–Kier alpha value is -2.61. The third kappa shape index (κ3) is 3.69. The molecule has 0 aliphatic heterocycles. The minimum absolute atomic E-state index is 0.0499. The molecular weight excluding hydrogens is 285 g/mol. The number of nitrogen functional groups attached to an aromatic ring is 1. The molecular formula is C13H11F3N4O. The monoisotopic (exact) mass is 296 g/mol. The van der Waals surface area contributed by atoms with Crippen LogP contribution in [0.4, 0.5) is 24.7 Å². The first kappa shape index (κ1) is 14.8. The lowest BCUT2D eigenvalue weighted by Gasteiger charge is -2.10. The van der Waals surface area contributed by atoms with Crippen LogP contribution in [0.3, 0.4) is 0 Å². The molecule has 5 nitrogen and oxygen atoms in total. The minimum Gasteiger partial charge on any atom is -0.322 e. The fraction of sp³-hybridized carbons (Fsp3) is 0.0769. The molecule has 0 aliphatic carbocycles. The average molecular weight is 296 g/mol. The van der Waals surface area contributed by atoms with Gasteiger partial charge < -0.3 is 10.7 Å². The molecule has 21 heavy (non-hydrogen) atoms. The molecule has 2 rings (SSSR count). The van der Waals surface area contributed by atoms with Crippen molar-refractivity contribution >= 4 is 17.4 Å². The zero-order valence-corrected chi connectivity index (χ0v) is 10.6. The Morgan fingerprint density at radius 1 is 1.19 bits per heavy atom. The highest BCUT2D eigenvalue weighted by atomic mass is 19.4. The normalized spacial score (nSPS) is 11.0. The van der Waals surface area contributed by atoms with Crippen LogP contribution < -0.4 is 16.6 Å². The number of aromatic nitrogens is 1. The number of hydrogen-bond acceptors (Lipinski definition) is 4. The van der Waals surface area contributed by atoms with Crippen LogP contribution in [0.15, 0.2) is 42.6 Å². The van der Waals surface area contributed by atoms with Crippen molar-refractivity contribution in [2.75, 3.05) is 10.7 Å². The number of amides is 1. The highest BCUT2D eigenvalue weighted by Crippen LogP contribution is 2.30. The molecule has 1 amide bonds. The van der Waals surface area contributed by atoms with Crippen molar-refractivity contribution in [3.63, 3.8) is 0 Å². The molecule has 0 spiro atoms. The molecule has 8 heteroatoms. The van der Waals surface area contributed by atoms with E-state index in [4.69, 9.17) is 5.84 Å². The third-order valence-corrected chi connectivity index (χ3v) is 2.62. The quantitative estimate of drug-likeness (QED) is 0.601. The van der Waals surface area contributed by atoms with Gasteiger partial charge in [0.15, 0.2) is 0 Å². The van der Waals surface area contributed by atoms with Crippen molar-refractivity contribution in [1.29, 1.82) is 0 Å². The number of rotatable bonds is 3. The molecule has 1 heterocycles. The molecule has 2 aromatic rings. The molecule has 0 radical (unpaired) electrons. The van der Waals surface area contributed by atoms with Gasteiger partial charge in [-0.25, -0.2) is 10.8 Å². The Morgan fingerprint density at radius 3 is 2.62 bits per heavy atom. The zero-order chi connectivity index (χ0) is 15.5. The molecule has 1 aromatic heterocycles. The second-order valence-electron chi connectivity index (χ2n) is 4.11. The Labute approximate surface area is 118 Å². The summed E-state index contributed by atoms with van der Waals surface area (Å²) in [6, 6.07) is 7.18. The average Bonchev–Trinajstić information content (AvgIpc) is 2.46. The highest BCUT2D eigenvalue weighted by Gasteiger charge is 2.30. The van der Waals surface area contributed by atoms with Gasteiger partial charge in [-0.3, -0.25) is 4.79 Å². The molecule has 0 saturated heterocycles. The number of carbonyl (C=O) groups is 1. The van der Waals surface area contributed by atoms with Gasteiger partial charge in [0.25, 0.3) is 5.91 Å². The van der Waals surface area contributed by atoms with Crippen molar-refractivity contribution in [3.8, 4) is 0 Å². The molecule has 1 aromatic carbocycles. The number of nitrogens with zero attached hydrogens (tertiary/aromatic N) is 1. The van der Waals surface area contributed by atoms with E-state index >= 15 is 0 Å². The van der Waals surface area contributed by atoms with Gasteiger partial charge in [-0.15, -0.1) is 0 Å². The molecule has 0 unspecified atom stereocenters. The second-order valence-corrected chi connectivity index (χ2v) is 4.11. The summed E-state index contributed by atoms with van der Waals surface area (Å²) in [7, 11) is 0. The Bertz CT molecular complexity index is 658. The zero-order valence-electron chi connectivity index (χ0n) is 10.6. The summed E-state index contributed by atoms with van der Waals surface area (Å²) in [5.74, 6) is 4.88. The Kier molecular flexibility index (Phi) is 4.08. The van der Waals surface area contributed by atoms with E-state index < -0.39 is 17.6 Å². The SMILES string of the molecule is NNc1cc(C(=O)Nc2cccc(C(F)(F)F)c2)ccn1. The number of halogens is 3. The van der Waals surface area contributed by atoms with Crippen LogP contribution in [0, 0.1) is 0 Å². The van der Waals surface area contributed by atoms with Crippen molar-refractivity contribution in [3.05, 3.63) is 53.7 Å². The number of alkyl halides is 3. The van der Waals surface area contributed by atoms with Crippen LogP contribution in [0.25, 0.3) is 0 Å². The molecule has 0 atom stereocenters. The fourth-order valence-corrected chi connectivity index (χ4v) is 1.63. The first-order valence-corrected chi connectivity index (χ1v) is 5.81. The summed E-state index contributed by atoms with van der Waals surface area (Å²) in [6.45, 7) is 0. The van der Waals surface area contributed by atoms with Crippen molar-refractivity contribution < 1.29 is 18.0 Å². The maximum absolute atomic E-state index is 12.6. The van der Waals surface area contributed by atoms with E-state index in [0.29, 0.717) is 0 Å². The van der Waals surface area contributed by atoms with Crippen LogP contribution in [0.1, 0.15) is 15.9 Å². The summed E-state index contributed by atoms with van der Waals surface area (Å²) >= 11 is 0.